The van der Waals surface area contributed by atoms with Gasteiger partial charge in [0.2, 0.25) is 0 Å². The third-order valence-electron chi connectivity index (χ3n) is 3.58. The van der Waals surface area contributed by atoms with Gasteiger partial charge >= 0.3 is 0 Å². The summed E-state index contributed by atoms with van der Waals surface area (Å²) in [5.41, 5.74) is 4.49. The van der Waals surface area contributed by atoms with E-state index >= 15 is 0 Å². The summed E-state index contributed by atoms with van der Waals surface area (Å²) in [6.07, 6.45) is 2.27. The van der Waals surface area contributed by atoms with Crippen molar-refractivity contribution in [2.45, 2.75) is 12.5 Å². The standard InChI is InChI=1S/C16H16N4O/c1-20-14(12-7-3-2-4-8-12)11-13(16(20)21)18-19-15-9-5-6-10-17-15/h2-10,14H,11H2,1H3,(H,17,19)/b18-13-. The number of rotatable bonds is 3. The number of nitrogens with zero attached hydrogens (tertiary/aromatic N) is 3. The van der Waals surface area contributed by atoms with Crippen LogP contribution in [0.4, 0.5) is 5.82 Å². The van der Waals surface area contributed by atoms with E-state index in [2.05, 4.69) is 15.5 Å². The number of carbonyl (C=O) groups excluding carboxylic acids is 1. The third kappa shape index (κ3) is 2.76. The first kappa shape index (κ1) is 13.3. The fourth-order valence-corrected chi connectivity index (χ4v) is 2.42. The van der Waals surface area contributed by atoms with Gasteiger partial charge in [-0.05, 0) is 17.7 Å². The van der Waals surface area contributed by atoms with Crippen molar-refractivity contribution in [2.24, 2.45) is 5.10 Å². The molecule has 3 rings (SSSR count). The zero-order chi connectivity index (χ0) is 14.7. The Balaban J connectivity index is 1.78. The second-order valence-electron chi connectivity index (χ2n) is 4.93. The summed E-state index contributed by atoms with van der Waals surface area (Å²) in [6, 6.07) is 15.5. The number of pyridine rings is 1. The Morgan fingerprint density at radius 2 is 1.95 bits per heavy atom. The smallest absolute Gasteiger partial charge is 0.270 e. The van der Waals surface area contributed by atoms with Gasteiger partial charge in [0.05, 0.1) is 6.04 Å². The van der Waals surface area contributed by atoms with Gasteiger partial charge in [-0.15, -0.1) is 0 Å². The van der Waals surface area contributed by atoms with E-state index in [9.17, 15) is 4.79 Å². The van der Waals surface area contributed by atoms with Gasteiger partial charge < -0.3 is 4.90 Å². The molecule has 0 aliphatic carbocycles. The quantitative estimate of drug-likeness (QED) is 0.879. The van der Waals surface area contributed by atoms with Crippen LogP contribution < -0.4 is 5.43 Å². The molecule has 1 atom stereocenters. The summed E-state index contributed by atoms with van der Waals surface area (Å²) in [7, 11) is 1.81. The molecule has 1 aromatic heterocycles. The molecule has 1 unspecified atom stereocenters. The lowest BCUT2D eigenvalue weighted by Gasteiger charge is -2.18. The molecule has 0 radical (unpaired) electrons. The summed E-state index contributed by atoms with van der Waals surface area (Å²) in [6.45, 7) is 0. The zero-order valence-corrected chi connectivity index (χ0v) is 11.7. The van der Waals surface area contributed by atoms with Crippen LogP contribution in [0.25, 0.3) is 0 Å². The van der Waals surface area contributed by atoms with E-state index in [4.69, 9.17) is 0 Å². The van der Waals surface area contributed by atoms with E-state index in [1.54, 1.807) is 11.1 Å². The first-order chi connectivity index (χ1) is 10.3. The summed E-state index contributed by atoms with van der Waals surface area (Å²) in [4.78, 5) is 18.1. The van der Waals surface area contributed by atoms with Gasteiger partial charge in [-0.3, -0.25) is 10.2 Å². The number of carbonyl (C=O) groups is 1. The van der Waals surface area contributed by atoms with Gasteiger partial charge in [0.25, 0.3) is 5.91 Å². The van der Waals surface area contributed by atoms with Crippen molar-refractivity contribution in [3.63, 3.8) is 0 Å². The number of anilines is 1. The van der Waals surface area contributed by atoms with Gasteiger partial charge in [0.15, 0.2) is 0 Å². The van der Waals surface area contributed by atoms with E-state index in [-0.39, 0.29) is 11.9 Å². The number of nitrogens with one attached hydrogen (secondary N) is 1. The van der Waals surface area contributed by atoms with Crippen molar-refractivity contribution in [1.82, 2.24) is 9.88 Å². The molecule has 1 aliphatic rings. The Kier molecular flexibility index (Phi) is 3.64. The molecule has 0 bridgehead atoms. The SMILES string of the molecule is CN1C(=O)/C(=N\Nc2ccccn2)CC1c1ccccc1. The van der Waals surface area contributed by atoms with Gasteiger partial charge in [-0.2, -0.15) is 5.10 Å². The monoisotopic (exact) mass is 280 g/mol. The molecule has 2 heterocycles. The van der Waals surface area contributed by atoms with Crippen molar-refractivity contribution >= 4 is 17.4 Å². The van der Waals surface area contributed by atoms with E-state index in [1.807, 2.05) is 55.6 Å². The first-order valence-corrected chi connectivity index (χ1v) is 6.81. The number of benzene rings is 1. The highest BCUT2D eigenvalue weighted by Crippen LogP contribution is 2.29. The van der Waals surface area contributed by atoms with Crippen LogP contribution in [0.5, 0.6) is 0 Å². The Morgan fingerprint density at radius 3 is 2.67 bits per heavy atom. The normalized spacial score (nSPS) is 20.0. The number of amides is 1. The number of likely N-dealkylation sites (tertiary alicyclic amines) is 1. The Labute approximate surface area is 123 Å². The number of hydrazone groups is 1. The topological polar surface area (TPSA) is 57.6 Å². The average molecular weight is 280 g/mol. The van der Waals surface area contributed by atoms with Crippen LogP contribution in [0.2, 0.25) is 0 Å². The predicted molar refractivity (Wildman–Crippen MR) is 81.9 cm³/mol. The molecule has 1 amide bonds. The summed E-state index contributed by atoms with van der Waals surface area (Å²) >= 11 is 0. The Bertz CT molecular complexity index is 654. The van der Waals surface area contributed by atoms with Crippen molar-refractivity contribution in [2.75, 3.05) is 12.5 Å². The van der Waals surface area contributed by atoms with Gasteiger partial charge in [-0.1, -0.05) is 36.4 Å². The molecule has 1 fully saturated rings. The van der Waals surface area contributed by atoms with Crippen LogP contribution in [-0.4, -0.2) is 28.6 Å². The molecule has 0 saturated carbocycles. The number of hydrogen-bond acceptors (Lipinski definition) is 4. The molecule has 5 nitrogen and oxygen atoms in total. The maximum Gasteiger partial charge on any atom is 0.270 e. The van der Waals surface area contributed by atoms with E-state index in [0.717, 1.165) is 5.56 Å². The van der Waals surface area contributed by atoms with E-state index in [1.165, 1.54) is 0 Å². The molecule has 1 N–H and O–H groups in total. The largest absolute Gasteiger partial charge is 0.333 e. The Hall–Kier alpha value is -2.69. The van der Waals surface area contributed by atoms with Gasteiger partial charge in [0, 0.05) is 19.7 Å². The Morgan fingerprint density at radius 1 is 1.19 bits per heavy atom. The highest BCUT2D eigenvalue weighted by atomic mass is 16.2. The molecule has 1 aromatic carbocycles. The zero-order valence-electron chi connectivity index (χ0n) is 11.7. The highest BCUT2D eigenvalue weighted by Gasteiger charge is 2.34. The lowest BCUT2D eigenvalue weighted by molar-refractivity contribution is -0.122. The maximum absolute atomic E-state index is 12.2. The van der Waals surface area contributed by atoms with Crippen molar-refractivity contribution in [3.8, 4) is 0 Å². The minimum absolute atomic E-state index is 0.0444. The van der Waals surface area contributed by atoms with Crippen LogP contribution in [-0.2, 0) is 4.79 Å². The lowest BCUT2D eigenvalue weighted by atomic mass is 10.0. The molecule has 1 aliphatic heterocycles. The molecular weight excluding hydrogens is 264 g/mol. The van der Waals surface area contributed by atoms with Crippen molar-refractivity contribution in [3.05, 3.63) is 60.3 Å². The van der Waals surface area contributed by atoms with E-state index in [0.29, 0.717) is 18.0 Å². The van der Waals surface area contributed by atoms with Gasteiger partial charge in [-0.25, -0.2) is 4.98 Å². The molecule has 106 valence electrons. The molecule has 1 saturated heterocycles. The second kappa shape index (κ2) is 5.75. The average Bonchev–Trinajstić information content (AvgIpc) is 2.83. The second-order valence-corrected chi connectivity index (χ2v) is 4.93. The lowest BCUT2D eigenvalue weighted by Crippen LogP contribution is -2.25. The van der Waals surface area contributed by atoms with Crippen LogP contribution in [0.3, 0.4) is 0 Å². The van der Waals surface area contributed by atoms with Crippen molar-refractivity contribution in [1.29, 1.82) is 0 Å². The molecule has 21 heavy (non-hydrogen) atoms. The predicted octanol–water partition coefficient (Wildman–Crippen LogP) is 2.45. The number of hydrogen-bond donors (Lipinski definition) is 1. The minimum Gasteiger partial charge on any atom is -0.333 e. The fourth-order valence-electron chi connectivity index (χ4n) is 2.42. The maximum atomic E-state index is 12.2. The van der Waals surface area contributed by atoms with Gasteiger partial charge in [0.1, 0.15) is 11.5 Å². The van der Waals surface area contributed by atoms with Crippen LogP contribution >= 0.6 is 0 Å². The minimum atomic E-state index is -0.0488. The van der Waals surface area contributed by atoms with Crippen LogP contribution in [0, 0.1) is 0 Å². The number of aromatic nitrogens is 1. The molecular formula is C16H16N4O. The third-order valence-corrected chi connectivity index (χ3v) is 3.58. The van der Waals surface area contributed by atoms with Crippen LogP contribution in [0.1, 0.15) is 18.0 Å². The van der Waals surface area contributed by atoms with Crippen molar-refractivity contribution < 1.29 is 4.79 Å². The van der Waals surface area contributed by atoms with E-state index < -0.39 is 0 Å². The summed E-state index contributed by atoms with van der Waals surface area (Å²) in [5, 5.41) is 4.21. The summed E-state index contributed by atoms with van der Waals surface area (Å²) < 4.78 is 0. The molecule has 5 heteroatoms. The first-order valence-electron chi connectivity index (χ1n) is 6.81. The van der Waals surface area contributed by atoms with Crippen LogP contribution in [0.15, 0.2) is 59.8 Å². The molecule has 0 spiro atoms. The fraction of sp³-hybridized carbons (Fsp3) is 0.188. The highest BCUT2D eigenvalue weighted by molar-refractivity contribution is 6.40. The summed E-state index contributed by atoms with van der Waals surface area (Å²) in [5.74, 6) is 0.580. The molecule has 2 aromatic rings.